The van der Waals surface area contributed by atoms with E-state index in [1.54, 1.807) is 0 Å². The first-order valence-electron chi connectivity index (χ1n) is 20.4. The largest absolute Gasteiger partial charge is 0.354 e. The minimum absolute atomic E-state index is 0.418. The molecule has 0 atom stereocenters. The molecule has 8 aromatic carbocycles. The molecule has 5 heteroatoms. The second-order valence-electron chi connectivity index (χ2n) is 14.9. The van der Waals surface area contributed by atoms with Crippen molar-refractivity contribution in [3.8, 4) is 56.4 Å². The zero-order chi connectivity index (χ0) is 41.0. The number of allylic oxidation sites excluding steroid dienone is 1. The Morgan fingerprint density at radius 3 is 1.34 bits per heavy atom. The van der Waals surface area contributed by atoms with Gasteiger partial charge in [-0.05, 0) is 63.2 Å². The highest BCUT2D eigenvalue weighted by Crippen LogP contribution is 2.41. The first-order valence-corrected chi connectivity index (χ1v) is 20.4. The molecule has 10 rings (SSSR count). The summed E-state index contributed by atoms with van der Waals surface area (Å²) in [4.78, 5) is 15.8. The van der Waals surface area contributed by atoms with Gasteiger partial charge in [0.2, 0.25) is 0 Å². The monoisotopic (exact) mass is 781 g/mol. The molecule has 5 nitrogen and oxygen atoms in total. The summed E-state index contributed by atoms with van der Waals surface area (Å²) in [6, 6.07) is 74.3. The fourth-order valence-corrected chi connectivity index (χ4v) is 7.95. The van der Waals surface area contributed by atoms with Crippen LogP contribution in [-0.2, 0) is 0 Å². The van der Waals surface area contributed by atoms with E-state index >= 15 is 0 Å². The van der Waals surface area contributed by atoms with E-state index in [-0.39, 0.29) is 0 Å². The Labute approximate surface area is 355 Å². The van der Waals surface area contributed by atoms with Crippen molar-refractivity contribution in [2.75, 3.05) is 0 Å². The molecule has 61 heavy (non-hydrogen) atoms. The van der Waals surface area contributed by atoms with Crippen molar-refractivity contribution in [3.63, 3.8) is 0 Å². The van der Waals surface area contributed by atoms with E-state index in [1.807, 2.05) is 109 Å². The van der Waals surface area contributed by atoms with E-state index in [9.17, 15) is 5.41 Å². The molecule has 1 aromatic heterocycles. The van der Waals surface area contributed by atoms with Crippen LogP contribution in [0.25, 0.3) is 79.5 Å². The molecule has 0 spiro atoms. The number of nitrogens with one attached hydrogen (secondary N) is 2. The molecule has 2 heterocycles. The molecule has 0 amide bonds. The van der Waals surface area contributed by atoms with Gasteiger partial charge in [0.15, 0.2) is 17.5 Å². The maximum Gasteiger partial charge on any atom is 0.164 e. The smallest absolute Gasteiger partial charge is 0.164 e. The molecule has 1 aliphatic heterocycles. The number of benzene rings is 8. The molecule has 0 radical (unpaired) electrons. The van der Waals surface area contributed by atoms with Crippen molar-refractivity contribution >= 4 is 28.8 Å². The molecule has 0 aliphatic carbocycles. The van der Waals surface area contributed by atoms with E-state index in [2.05, 4.69) is 121 Å². The van der Waals surface area contributed by atoms with Crippen molar-refractivity contribution in [3.05, 3.63) is 246 Å². The Bertz CT molecular complexity index is 3010. The number of nitrogens with zero attached hydrogens (tertiary/aromatic N) is 3. The maximum atomic E-state index is 9.75. The average molecular weight is 782 g/mol. The van der Waals surface area contributed by atoms with Gasteiger partial charge in [0.1, 0.15) is 0 Å². The van der Waals surface area contributed by atoms with E-state index in [0.717, 1.165) is 83.7 Å². The van der Waals surface area contributed by atoms with Gasteiger partial charge in [0.05, 0.1) is 11.4 Å². The number of hydrogen-bond acceptors (Lipinski definition) is 5. The van der Waals surface area contributed by atoms with Crippen LogP contribution < -0.4 is 5.32 Å². The molecular formula is C56H39N5. The van der Waals surface area contributed by atoms with Crippen LogP contribution >= 0.6 is 0 Å². The Morgan fingerprint density at radius 1 is 0.361 bits per heavy atom. The molecule has 288 valence electrons. The van der Waals surface area contributed by atoms with Gasteiger partial charge in [0.25, 0.3) is 0 Å². The van der Waals surface area contributed by atoms with Crippen molar-refractivity contribution in [2.45, 2.75) is 0 Å². The van der Waals surface area contributed by atoms with Gasteiger partial charge >= 0.3 is 0 Å². The number of aromatic nitrogens is 3. The van der Waals surface area contributed by atoms with Crippen LogP contribution in [0.15, 0.2) is 218 Å². The Kier molecular flexibility index (Phi) is 10.0. The zero-order valence-corrected chi connectivity index (χ0v) is 33.2. The van der Waals surface area contributed by atoms with E-state index in [1.165, 1.54) is 0 Å². The van der Waals surface area contributed by atoms with Crippen LogP contribution in [0.3, 0.4) is 0 Å². The van der Waals surface area contributed by atoms with E-state index < -0.39 is 0 Å². The first-order chi connectivity index (χ1) is 30.2. The van der Waals surface area contributed by atoms with E-state index in [4.69, 9.17) is 15.0 Å². The predicted molar refractivity (Wildman–Crippen MR) is 251 cm³/mol. The van der Waals surface area contributed by atoms with Gasteiger partial charge in [-0.25, -0.2) is 15.0 Å². The van der Waals surface area contributed by atoms with Crippen LogP contribution in [0.2, 0.25) is 0 Å². The molecule has 0 bridgehead atoms. The Hall–Kier alpha value is -8.28. The minimum Gasteiger partial charge on any atom is -0.354 e. The van der Waals surface area contributed by atoms with Crippen molar-refractivity contribution in [1.82, 2.24) is 20.3 Å². The Balaban J connectivity index is 1.23. The molecule has 2 N–H and O–H groups in total. The van der Waals surface area contributed by atoms with Crippen LogP contribution in [0.5, 0.6) is 0 Å². The SMILES string of the molecule is N=C(/C(=C1\NC(c2ccccc2)=Cc2c1cccc2-c1nc(-c2ccccc2)nc(-c2cc(-c3ccccc3)cc(-c3ccccc3)c2)n1)c1ccccc1)c1ccccc1. The summed E-state index contributed by atoms with van der Waals surface area (Å²) in [5.41, 5.74) is 14.6. The third-order valence-electron chi connectivity index (χ3n) is 10.9. The summed E-state index contributed by atoms with van der Waals surface area (Å²) in [5.74, 6) is 1.71. The summed E-state index contributed by atoms with van der Waals surface area (Å²) >= 11 is 0. The molecule has 9 aromatic rings. The molecule has 0 fully saturated rings. The summed E-state index contributed by atoms with van der Waals surface area (Å²) in [6.07, 6.45) is 2.19. The lowest BCUT2D eigenvalue weighted by atomic mass is 9.86. The summed E-state index contributed by atoms with van der Waals surface area (Å²) in [6.45, 7) is 0. The lowest BCUT2D eigenvalue weighted by Gasteiger charge is -2.27. The van der Waals surface area contributed by atoms with Gasteiger partial charge in [-0.1, -0.05) is 200 Å². The van der Waals surface area contributed by atoms with Crippen molar-refractivity contribution < 1.29 is 0 Å². The Morgan fingerprint density at radius 2 is 0.787 bits per heavy atom. The summed E-state index contributed by atoms with van der Waals surface area (Å²) in [7, 11) is 0. The molecule has 0 saturated carbocycles. The predicted octanol–water partition coefficient (Wildman–Crippen LogP) is 13.2. The van der Waals surface area contributed by atoms with Gasteiger partial charge in [-0.3, -0.25) is 5.41 Å². The van der Waals surface area contributed by atoms with Gasteiger partial charge < -0.3 is 5.32 Å². The highest BCUT2D eigenvalue weighted by Gasteiger charge is 2.27. The average Bonchev–Trinajstić information content (AvgIpc) is 3.35. The van der Waals surface area contributed by atoms with Gasteiger partial charge in [-0.15, -0.1) is 0 Å². The molecule has 0 saturated heterocycles. The third kappa shape index (κ3) is 7.60. The van der Waals surface area contributed by atoms with Crippen LogP contribution in [0, 0.1) is 5.41 Å². The van der Waals surface area contributed by atoms with Gasteiger partial charge in [-0.2, -0.15) is 0 Å². The molecule has 1 aliphatic rings. The first kappa shape index (κ1) is 37.0. The quantitative estimate of drug-likeness (QED) is 0.143. The van der Waals surface area contributed by atoms with Gasteiger partial charge in [0, 0.05) is 39.1 Å². The summed E-state index contributed by atoms with van der Waals surface area (Å²) < 4.78 is 0. The fourth-order valence-electron chi connectivity index (χ4n) is 7.95. The van der Waals surface area contributed by atoms with Crippen LogP contribution in [0.4, 0.5) is 0 Å². The normalized spacial score (nSPS) is 12.8. The van der Waals surface area contributed by atoms with E-state index in [0.29, 0.717) is 23.2 Å². The second kappa shape index (κ2) is 16.5. The zero-order valence-electron chi connectivity index (χ0n) is 33.2. The van der Waals surface area contributed by atoms with Crippen LogP contribution in [0.1, 0.15) is 27.8 Å². The number of fused-ring (bicyclic) bond motifs is 1. The highest BCUT2D eigenvalue weighted by molar-refractivity contribution is 6.36. The minimum atomic E-state index is 0.418. The lowest BCUT2D eigenvalue weighted by Crippen LogP contribution is -2.21. The standard InChI is InChI=1S/C56H39N5/c57-52(42-28-15-5-16-29-42)51(41-26-13-4-14-27-41)53-47-32-19-33-48(49(47)37-50(58-53)40-24-11-3-12-25-40)56-60-54(43-30-17-6-18-31-43)59-55(61-56)46-35-44(38-20-7-1-8-21-38)34-45(36-46)39-22-9-2-10-23-39/h1-37,57-58H/b53-51-,57-52?. The van der Waals surface area contributed by atoms with Crippen LogP contribution in [-0.4, -0.2) is 20.7 Å². The van der Waals surface area contributed by atoms with Crippen molar-refractivity contribution in [2.24, 2.45) is 0 Å². The lowest BCUT2D eigenvalue weighted by molar-refractivity contribution is 1.07. The highest BCUT2D eigenvalue weighted by atomic mass is 15.0. The second-order valence-corrected chi connectivity index (χ2v) is 14.9. The molecular weight excluding hydrogens is 743 g/mol. The topological polar surface area (TPSA) is 74.6 Å². The fraction of sp³-hybridized carbons (Fsp3) is 0. The number of hydrogen-bond donors (Lipinski definition) is 2. The van der Waals surface area contributed by atoms with Crippen molar-refractivity contribution in [1.29, 1.82) is 5.41 Å². The summed E-state index contributed by atoms with van der Waals surface area (Å²) in [5, 5.41) is 13.6. The maximum absolute atomic E-state index is 9.75. The number of rotatable bonds is 9. The molecule has 0 unspecified atom stereocenters. The third-order valence-corrected chi connectivity index (χ3v) is 10.9.